The largest absolute Gasteiger partial charge is 0.508 e. The minimum Gasteiger partial charge on any atom is -0.508 e. The number of guanidine groups is 1. The highest BCUT2D eigenvalue weighted by atomic mass is 32.2. The second-order valence-corrected chi connectivity index (χ2v) is 18.6. The molecule has 0 saturated carbocycles. The van der Waals surface area contributed by atoms with Gasteiger partial charge < -0.3 is 64.6 Å². The number of nitrogens with two attached hydrogens (primary N) is 4. The molecule has 16 N–H and O–H groups in total. The number of carbonyl (C=O) groups excluding carboxylic acids is 8. The Balaban J connectivity index is 3.58. The molecule has 9 atom stereocenters. The molecule has 0 radical (unpaired) electrons. The third-order valence-corrected chi connectivity index (χ3v) is 12.1. The SMILES string of the molecule is CSCC[C@H](NC(=O)[C@@H](C)CO)C(=O)C[C@H](C(=O)N[C@@H](CC(=O)O)C(=O)C[C@@H](CCCCN)C(=O)N[C@@H](Cc1ccc(O)cc1)C(=O)C[C@@H](CCCN=C(N)N)C(=O)N[C@H](C(N)=O)C(C)C)[C@@H](C)O. The van der Waals surface area contributed by atoms with E-state index in [1.165, 1.54) is 49.9 Å². The first kappa shape index (κ1) is 61.4. The molecule has 0 aliphatic heterocycles. The predicted octanol–water partition coefficient (Wildman–Crippen LogP) is -0.839. The van der Waals surface area contributed by atoms with Gasteiger partial charge in [-0.2, -0.15) is 11.8 Å². The normalized spacial score (nSPS) is 15.1. The van der Waals surface area contributed by atoms with Crippen LogP contribution in [-0.2, 0) is 49.6 Å². The predicted molar refractivity (Wildman–Crippen MR) is 259 cm³/mol. The number of ketones is 3. The molecule has 0 fully saturated rings. The number of aromatic hydroxyl groups is 1. The number of carboxylic acids is 1. The van der Waals surface area contributed by atoms with Gasteiger partial charge in [0, 0.05) is 37.6 Å². The third kappa shape index (κ3) is 23.5. The van der Waals surface area contributed by atoms with Gasteiger partial charge in [-0.3, -0.25) is 48.1 Å². The molecule has 5 amide bonds. The number of carbonyl (C=O) groups is 9. The molecule has 0 aliphatic carbocycles. The van der Waals surface area contributed by atoms with Gasteiger partial charge in [0.25, 0.3) is 0 Å². The van der Waals surface area contributed by atoms with Crippen molar-refractivity contribution in [2.24, 2.45) is 57.5 Å². The summed E-state index contributed by atoms with van der Waals surface area (Å²) in [5.74, 6) is -12.3. The monoisotopic (exact) mass is 994 g/mol. The van der Waals surface area contributed by atoms with Gasteiger partial charge in [-0.1, -0.05) is 39.3 Å². The van der Waals surface area contributed by atoms with Gasteiger partial charge in [-0.25, -0.2) is 0 Å². The zero-order valence-corrected chi connectivity index (χ0v) is 41.1. The number of nitrogens with zero attached hydrogens (tertiary/aromatic N) is 1. The molecular formula is C46H75N9O13S. The molecule has 69 heavy (non-hydrogen) atoms. The molecule has 0 bridgehead atoms. The lowest BCUT2D eigenvalue weighted by Crippen LogP contribution is -2.51. The van der Waals surface area contributed by atoms with E-state index in [0.29, 0.717) is 24.2 Å². The molecule has 0 aliphatic rings. The van der Waals surface area contributed by atoms with E-state index in [1.807, 2.05) is 0 Å². The Morgan fingerprint density at radius 2 is 1.22 bits per heavy atom. The summed E-state index contributed by atoms with van der Waals surface area (Å²) < 4.78 is 0. The molecular weight excluding hydrogens is 919 g/mol. The fourth-order valence-corrected chi connectivity index (χ4v) is 7.70. The smallest absolute Gasteiger partial charge is 0.305 e. The van der Waals surface area contributed by atoms with Crippen molar-refractivity contribution in [2.75, 3.05) is 31.7 Å². The maximum Gasteiger partial charge on any atom is 0.305 e. The van der Waals surface area contributed by atoms with Crippen LogP contribution in [0.1, 0.15) is 97.5 Å². The molecule has 0 aromatic heterocycles. The first-order valence-electron chi connectivity index (χ1n) is 23.1. The van der Waals surface area contributed by atoms with Gasteiger partial charge in [-0.05, 0) is 87.6 Å². The van der Waals surface area contributed by atoms with Crippen molar-refractivity contribution in [3.63, 3.8) is 0 Å². The van der Waals surface area contributed by atoms with E-state index < -0.39 is 145 Å². The molecule has 0 heterocycles. The standard InChI is InChI=1S/C46H75N9O13S/c1-25(2)40(41(48)64)55-44(67)30(10-8-17-51-46(49)50)21-36(59)34(19-28-11-13-31(58)14-12-28)53-43(66)29(9-6-7-16-47)20-37(60)35(23-39(62)63)54-45(68)32(27(4)57)22-38(61)33(15-18-69-5)52-42(65)26(3)24-56/h11-14,25-27,29-30,32-35,40,56-58H,6-10,15-24,47H2,1-5H3,(H2,48,64)(H,52,65)(H,53,66)(H,54,68)(H,55,67)(H,62,63)(H4,49,50,51)/t26-,27+,29+,30+,32-,33-,34-,35-,40-/m0/s1. The number of carboxylic acid groups (broad SMARTS) is 1. The van der Waals surface area contributed by atoms with Crippen molar-refractivity contribution in [1.82, 2.24) is 21.3 Å². The van der Waals surface area contributed by atoms with E-state index in [2.05, 4.69) is 26.3 Å². The van der Waals surface area contributed by atoms with Crippen LogP contribution in [0.25, 0.3) is 0 Å². The molecule has 22 nitrogen and oxygen atoms in total. The number of hydrogen-bond donors (Lipinski definition) is 12. The van der Waals surface area contributed by atoms with E-state index in [-0.39, 0.29) is 56.9 Å². The first-order valence-corrected chi connectivity index (χ1v) is 24.5. The highest BCUT2D eigenvalue weighted by Gasteiger charge is 2.37. The van der Waals surface area contributed by atoms with Gasteiger partial charge >= 0.3 is 5.97 Å². The summed E-state index contributed by atoms with van der Waals surface area (Å²) in [7, 11) is 0. The second kappa shape index (κ2) is 32.2. The molecule has 23 heteroatoms. The Kier molecular flexibility index (Phi) is 28.7. The number of nitrogens with one attached hydrogen (secondary N) is 4. The van der Waals surface area contributed by atoms with Crippen LogP contribution in [0.5, 0.6) is 5.75 Å². The minimum absolute atomic E-state index is 0.0328. The maximum absolute atomic E-state index is 14.3. The van der Waals surface area contributed by atoms with Crippen LogP contribution in [0.15, 0.2) is 29.3 Å². The molecule has 0 unspecified atom stereocenters. The number of unbranched alkanes of at least 4 members (excludes halogenated alkanes) is 1. The van der Waals surface area contributed by atoms with E-state index in [0.717, 1.165) is 0 Å². The van der Waals surface area contributed by atoms with Gasteiger partial charge in [0.1, 0.15) is 11.8 Å². The summed E-state index contributed by atoms with van der Waals surface area (Å²) in [6.45, 7) is 5.89. The summed E-state index contributed by atoms with van der Waals surface area (Å²) in [5.41, 5.74) is 22.7. The average molecular weight is 994 g/mol. The van der Waals surface area contributed by atoms with Gasteiger partial charge in [0.05, 0.1) is 49.1 Å². The summed E-state index contributed by atoms with van der Waals surface area (Å²) in [4.78, 5) is 124. The van der Waals surface area contributed by atoms with Crippen LogP contribution in [0.4, 0.5) is 0 Å². The van der Waals surface area contributed by atoms with Crippen LogP contribution < -0.4 is 44.2 Å². The number of aliphatic carboxylic acids is 1. The number of amides is 5. The Labute approximate surface area is 407 Å². The lowest BCUT2D eigenvalue weighted by atomic mass is 9.88. The fraction of sp³-hybridized carbons (Fsp3) is 0.652. The number of aliphatic imine (C=N–C) groups is 1. The van der Waals surface area contributed by atoms with E-state index >= 15 is 0 Å². The van der Waals surface area contributed by atoms with Crippen molar-refractivity contribution < 1.29 is 63.6 Å². The van der Waals surface area contributed by atoms with E-state index in [9.17, 15) is 63.6 Å². The van der Waals surface area contributed by atoms with Crippen molar-refractivity contribution in [3.8, 4) is 5.75 Å². The van der Waals surface area contributed by atoms with Gasteiger partial charge in [-0.15, -0.1) is 0 Å². The van der Waals surface area contributed by atoms with Crippen molar-refractivity contribution >= 4 is 70.6 Å². The lowest BCUT2D eigenvalue weighted by Gasteiger charge is -2.27. The number of aliphatic hydroxyl groups excluding tert-OH is 2. The molecule has 1 aromatic rings. The Bertz CT molecular complexity index is 1900. The number of aliphatic hydroxyl groups is 2. The van der Waals surface area contributed by atoms with Crippen molar-refractivity contribution in [3.05, 3.63) is 29.8 Å². The number of benzene rings is 1. The quantitative estimate of drug-likeness (QED) is 0.0222. The average Bonchev–Trinajstić information content (AvgIpc) is 3.28. The summed E-state index contributed by atoms with van der Waals surface area (Å²) >= 11 is 1.39. The number of primary amides is 1. The van der Waals surface area contributed by atoms with Crippen LogP contribution in [0, 0.1) is 29.6 Å². The van der Waals surface area contributed by atoms with Gasteiger partial charge in [0.2, 0.25) is 29.5 Å². The van der Waals surface area contributed by atoms with E-state index in [1.54, 1.807) is 20.1 Å². The third-order valence-electron chi connectivity index (χ3n) is 11.5. The highest BCUT2D eigenvalue weighted by molar-refractivity contribution is 7.98. The zero-order valence-electron chi connectivity index (χ0n) is 40.3. The van der Waals surface area contributed by atoms with Crippen LogP contribution >= 0.6 is 11.8 Å². The lowest BCUT2D eigenvalue weighted by molar-refractivity contribution is -0.142. The Hall–Kier alpha value is -5.65. The number of phenolic OH excluding ortho intramolecular Hbond substituents is 1. The second-order valence-electron chi connectivity index (χ2n) is 17.6. The van der Waals surface area contributed by atoms with Crippen molar-refractivity contribution in [1.29, 1.82) is 0 Å². The van der Waals surface area contributed by atoms with Crippen molar-refractivity contribution in [2.45, 2.75) is 129 Å². The minimum atomic E-state index is -1.74. The molecule has 0 saturated heterocycles. The van der Waals surface area contributed by atoms with E-state index in [4.69, 9.17) is 22.9 Å². The molecule has 0 spiro atoms. The Morgan fingerprint density at radius 3 is 1.72 bits per heavy atom. The number of thioether (sulfide) groups is 1. The summed E-state index contributed by atoms with van der Waals surface area (Å²) in [6.07, 6.45) is -1.18. The maximum atomic E-state index is 14.3. The van der Waals surface area contributed by atoms with Crippen LogP contribution in [0.2, 0.25) is 0 Å². The molecule has 1 aromatic carbocycles. The van der Waals surface area contributed by atoms with Crippen LogP contribution in [-0.4, -0.2) is 141 Å². The summed E-state index contributed by atoms with van der Waals surface area (Å²) in [5, 5.41) is 50.1. The number of phenols is 1. The zero-order chi connectivity index (χ0) is 52.4. The highest BCUT2D eigenvalue weighted by Crippen LogP contribution is 2.22. The number of rotatable bonds is 36. The molecule has 1 rings (SSSR count). The number of hydrogen-bond acceptors (Lipinski definition) is 15. The first-order chi connectivity index (χ1) is 32.4. The fourth-order valence-electron chi connectivity index (χ4n) is 7.23. The topological polar surface area (TPSA) is 399 Å². The van der Waals surface area contributed by atoms with Gasteiger partial charge in [0.15, 0.2) is 23.3 Å². The summed E-state index contributed by atoms with van der Waals surface area (Å²) in [6, 6.07) is 0.582. The Morgan fingerprint density at radius 1 is 0.681 bits per heavy atom. The molecule has 388 valence electrons. The number of Topliss-reactive ketones (excluding diaryl/α,β-unsaturated/α-hetero) is 3. The van der Waals surface area contributed by atoms with Crippen LogP contribution in [0.3, 0.4) is 0 Å².